The number of carbonyl (C=O) groups excluding carboxylic acids is 2. The van der Waals surface area contributed by atoms with Crippen molar-refractivity contribution in [3.05, 3.63) is 95.4 Å². The molecule has 142 valence electrons. The van der Waals surface area contributed by atoms with Gasteiger partial charge in [-0.15, -0.1) is 0 Å². The van der Waals surface area contributed by atoms with E-state index in [1.165, 1.54) is 0 Å². The predicted molar refractivity (Wildman–Crippen MR) is 106 cm³/mol. The molecular weight excluding hydrogens is 352 g/mol. The SMILES string of the molecule is O=C(NC(c1ccccc1)c1ccco1)c1cccc(CN2CCCC2=O)c1. The highest BCUT2D eigenvalue weighted by Crippen LogP contribution is 2.23. The molecule has 0 bridgehead atoms. The van der Waals surface area contributed by atoms with E-state index in [9.17, 15) is 9.59 Å². The zero-order valence-corrected chi connectivity index (χ0v) is 15.5. The third-order valence-corrected chi connectivity index (χ3v) is 4.97. The monoisotopic (exact) mass is 374 g/mol. The number of rotatable bonds is 6. The van der Waals surface area contributed by atoms with E-state index in [0.29, 0.717) is 24.3 Å². The van der Waals surface area contributed by atoms with Gasteiger partial charge < -0.3 is 14.6 Å². The van der Waals surface area contributed by atoms with Crippen LogP contribution in [0.15, 0.2) is 77.4 Å². The second kappa shape index (κ2) is 8.13. The first-order chi connectivity index (χ1) is 13.7. The topological polar surface area (TPSA) is 62.6 Å². The highest BCUT2D eigenvalue weighted by molar-refractivity contribution is 5.94. The van der Waals surface area contributed by atoms with Crippen molar-refractivity contribution in [3.8, 4) is 0 Å². The Morgan fingerprint density at radius 3 is 2.64 bits per heavy atom. The second-order valence-electron chi connectivity index (χ2n) is 6.95. The number of likely N-dealkylation sites (tertiary alicyclic amines) is 1. The van der Waals surface area contributed by atoms with Gasteiger partial charge in [0, 0.05) is 25.1 Å². The van der Waals surface area contributed by atoms with Crippen molar-refractivity contribution < 1.29 is 14.0 Å². The highest BCUT2D eigenvalue weighted by atomic mass is 16.3. The number of hydrogen-bond donors (Lipinski definition) is 1. The molecule has 1 N–H and O–H groups in total. The molecule has 1 fully saturated rings. The maximum Gasteiger partial charge on any atom is 0.252 e. The molecule has 0 radical (unpaired) electrons. The van der Waals surface area contributed by atoms with Crippen molar-refractivity contribution in [2.24, 2.45) is 0 Å². The van der Waals surface area contributed by atoms with E-state index in [1.54, 1.807) is 12.3 Å². The van der Waals surface area contributed by atoms with E-state index in [4.69, 9.17) is 4.42 Å². The predicted octanol–water partition coefficient (Wildman–Crippen LogP) is 3.92. The van der Waals surface area contributed by atoms with Crippen LogP contribution in [-0.2, 0) is 11.3 Å². The quantitative estimate of drug-likeness (QED) is 0.711. The Morgan fingerprint density at radius 1 is 1.07 bits per heavy atom. The van der Waals surface area contributed by atoms with Crippen molar-refractivity contribution in [1.29, 1.82) is 0 Å². The van der Waals surface area contributed by atoms with Crippen LogP contribution in [0.3, 0.4) is 0 Å². The molecule has 1 aromatic heterocycles. The smallest absolute Gasteiger partial charge is 0.252 e. The summed E-state index contributed by atoms with van der Waals surface area (Å²) in [5, 5.41) is 3.07. The summed E-state index contributed by atoms with van der Waals surface area (Å²) in [5.74, 6) is 0.676. The van der Waals surface area contributed by atoms with Crippen LogP contribution in [0.5, 0.6) is 0 Å². The molecule has 0 saturated carbocycles. The zero-order valence-electron chi connectivity index (χ0n) is 15.5. The summed E-state index contributed by atoms with van der Waals surface area (Å²) in [6.45, 7) is 1.32. The third-order valence-electron chi connectivity index (χ3n) is 4.97. The van der Waals surface area contributed by atoms with Gasteiger partial charge in [0.25, 0.3) is 5.91 Å². The molecule has 3 aromatic rings. The first-order valence-corrected chi connectivity index (χ1v) is 9.46. The van der Waals surface area contributed by atoms with Crippen LogP contribution < -0.4 is 5.32 Å². The van der Waals surface area contributed by atoms with Crippen LogP contribution >= 0.6 is 0 Å². The third kappa shape index (κ3) is 3.98. The van der Waals surface area contributed by atoms with Crippen LogP contribution in [0, 0.1) is 0 Å². The Hall–Kier alpha value is -3.34. The summed E-state index contributed by atoms with van der Waals surface area (Å²) >= 11 is 0. The van der Waals surface area contributed by atoms with Crippen molar-refractivity contribution in [1.82, 2.24) is 10.2 Å². The Labute approximate surface area is 164 Å². The molecule has 5 nitrogen and oxygen atoms in total. The van der Waals surface area contributed by atoms with E-state index >= 15 is 0 Å². The minimum Gasteiger partial charge on any atom is -0.467 e. The number of amides is 2. The number of nitrogens with zero attached hydrogens (tertiary/aromatic N) is 1. The fourth-order valence-corrected chi connectivity index (χ4v) is 3.54. The molecule has 1 aliphatic rings. The van der Waals surface area contributed by atoms with Crippen molar-refractivity contribution in [2.75, 3.05) is 6.54 Å². The van der Waals surface area contributed by atoms with E-state index in [-0.39, 0.29) is 17.9 Å². The van der Waals surface area contributed by atoms with E-state index in [1.807, 2.05) is 65.6 Å². The molecule has 28 heavy (non-hydrogen) atoms. The average Bonchev–Trinajstić information content (AvgIpc) is 3.39. The minimum absolute atomic E-state index is 0.178. The van der Waals surface area contributed by atoms with Crippen molar-refractivity contribution in [3.63, 3.8) is 0 Å². The highest BCUT2D eigenvalue weighted by Gasteiger charge is 2.22. The molecule has 1 unspecified atom stereocenters. The maximum atomic E-state index is 12.9. The van der Waals surface area contributed by atoms with Gasteiger partial charge >= 0.3 is 0 Å². The summed E-state index contributed by atoms with van der Waals surface area (Å²) in [6.07, 6.45) is 3.12. The van der Waals surface area contributed by atoms with Crippen LogP contribution in [0.1, 0.15) is 46.1 Å². The van der Waals surface area contributed by atoms with Gasteiger partial charge in [0.15, 0.2) is 0 Å². The Bertz CT molecular complexity index is 951. The van der Waals surface area contributed by atoms with Gasteiger partial charge in [-0.3, -0.25) is 9.59 Å². The number of benzene rings is 2. The van der Waals surface area contributed by atoms with Gasteiger partial charge in [-0.2, -0.15) is 0 Å². The first kappa shape index (κ1) is 18.0. The maximum absolute atomic E-state index is 12.9. The second-order valence-corrected chi connectivity index (χ2v) is 6.95. The molecule has 1 saturated heterocycles. The lowest BCUT2D eigenvalue weighted by molar-refractivity contribution is -0.128. The Balaban J connectivity index is 1.53. The first-order valence-electron chi connectivity index (χ1n) is 9.46. The molecule has 2 heterocycles. The lowest BCUT2D eigenvalue weighted by Gasteiger charge is -2.18. The van der Waals surface area contributed by atoms with Crippen molar-refractivity contribution in [2.45, 2.75) is 25.4 Å². The normalized spacial score (nSPS) is 14.9. The summed E-state index contributed by atoms with van der Waals surface area (Å²) in [5.41, 5.74) is 2.47. The molecule has 0 spiro atoms. The van der Waals surface area contributed by atoms with Gasteiger partial charge in [0.05, 0.1) is 6.26 Å². The molecule has 0 aliphatic carbocycles. The van der Waals surface area contributed by atoms with Crippen LogP contribution in [0.25, 0.3) is 0 Å². The molecule has 5 heteroatoms. The van der Waals surface area contributed by atoms with E-state index < -0.39 is 0 Å². The number of carbonyl (C=O) groups is 2. The van der Waals surface area contributed by atoms with E-state index in [0.717, 1.165) is 24.1 Å². The summed E-state index contributed by atoms with van der Waals surface area (Å²) in [7, 11) is 0. The van der Waals surface area contributed by atoms with E-state index in [2.05, 4.69) is 5.32 Å². The fraction of sp³-hybridized carbons (Fsp3) is 0.217. The largest absolute Gasteiger partial charge is 0.467 e. The van der Waals surface area contributed by atoms with Crippen LogP contribution in [-0.4, -0.2) is 23.3 Å². The molecule has 1 atom stereocenters. The molecule has 4 rings (SSSR count). The molecular formula is C23H22N2O3. The minimum atomic E-state index is -0.368. The number of furan rings is 1. The lowest BCUT2D eigenvalue weighted by atomic mass is 10.0. The number of hydrogen-bond acceptors (Lipinski definition) is 3. The summed E-state index contributed by atoms with van der Waals surface area (Å²) in [6, 6.07) is 20.5. The molecule has 2 amide bonds. The van der Waals surface area contributed by atoms with Crippen molar-refractivity contribution >= 4 is 11.8 Å². The molecule has 2 aromatic carbocycles. The standard InChI is InChI=1S/C23H22N2O3/c26-21-12-5-13-25(21)16-17-7-4-10-19(15-17)23(27)24-22(20-11-6-14-28-20)18-8-2-1-3-9-18/h1-4,6-11,14-15,22H,5,12-13,16H2,(H,24,27). The van der Waals surface area contributed by atoms with Gasteiger partial charge in [-0.05, 0) is 41.8 Å². The Kier molecular flexibility index (Phi) is 5.24. The Morgan fingerprint density at radius 2 is 1.93 bits per heavy atom. The van der Waals surface area contributed by atoms with Crippen LogP contribution in [0.2, 0.25) is 0 Å². The average molecular weight is 374 g/mol. The van der Waals surface area contributed by atoms with Gasteiger partial charge in [-0.1, -0.05) is 42.5 Å². The van der Waals surface area contributed by atoms with Crippen LogP contribution in [0.4, 0.5) is 0 Å². The zero-order chi connectivity index (χ0) is 19.3. The summed E-state index contributed by atoms with van der Waals surface area (Å²) < 4.78 is 5.55. The number of nitrogens with one attached hydrogen (secondary N) is 1. The van der Waals surface area contributed by atoms with Gasteiger partial charge in [-0.25, -0.2) is 0 Å². The fourth-order valence-electron chi connectivity index (χ4n) is 3.54. The molecule has 1 aliphatic heterocycles. The van der Waals surface area contributed by atoms with Gasteiger partial charge in [0.2, 0.25) is 5.91 Å². The lowest BCUT2D eigenvalue weighted by Crippen LogP contribution is -2.29. The summed E-state index contributed by atoms with van der Waals surface area (Å²) in [4.78, 5) is 26.7. The van der Waals surface area contributed by atoms with Gasteiger partial charge in [0.1, 0.15) is 11.8 Å².